The molecule has 1 aliphatic rings. The van der Waals surface area contributed by atoms with Crippen LogP contribution in [-0.4, -0.2) is 33.8 Å². The summed E-state index contributed by atoms with van der Waals surface area (Å²) in [6, 6.07) is 0.311. The van der Waals surface area contributed by atoms with Crippen molar-refractivity contribution in [2.75, 3.05) is 13.1 Å². The zero-order valence-corrected chi connectivity index (χ0v) is 13.1. The Morgan fingerprint density at radius 1 is 1.44 bits per heavy atom. The second kappa shape index (κ2) is 5.72. The molecule has 2 heterocycles. The van der Waals surface area contributed by atoms with E-state index in [0.717, 1.165) is 38.2 Å². The lowest BCUT2D eigenvalue weighted by Crippen LogP contribution is -2.46. The van der Waals surface area contributed by atoms with E-state index in [9.17, 15) is 0 Å². The first-order valence-corrected chi connectivity index (χ1v) is 7.48. The monoisotopic (exact) mass is 314 g/mol. The Morgan fingerprint density at radius 2 is 2.17 bits per heavy atom. The maximum absolute atomic E-state index is 6.10. The number of aromatic nitrogens is 2. The van der Waals surface area contributed by atoms with Crippen LogP contribution in [0.25, 0.3) is 0 Å². The number of piperidine rings is 1. The molecule has 18 heavy (non-hydrogen) atoms. The lowest BCUT2D eigenvalue weighted by Gasteiger charge is -2.34. The number of hydrogen-bond donors (Lipinski definition) is 1. The van der Waals surface area contributed by atoms with Crippen molar-refractivity contribution >= 4 is 15.9 Å². The van der Waals surface area contributed by atoms with Crippen molar-refractivity contribution in [3.63, 3.8) is 0 Å². The Balaban J connectivity index is 2.11. The van der Waals surface area contributed by atoms with Gasteiger partial charge in [-0.05, 0) is 34.7 Å². The van der Waals surface area contributed by atoms with E-state index >= 15 is 0 Å². The molecule has 2 unspecified atom stereocenters. The Kier molecular flexibility index (Phi) is 4.45. The van der Waals surface area contributed by atoms with E-state index in [-0.39, 0.29) is 0 Å². The number of hydrogen-bond acceptors (Lipinski definition) is 3. The molecule has 5 heteroatoms. The number of rotatable bonds is 3. The lowest BCUT2D eigenvalue weighted by molar-refractivity contribution is 0.155. The van der Waals surface area contributed by atoms with Crippen LogP contribution in [0.3, 0.4) is 0 Å². The van der Waals surface area contributed by atoms with Gasteiger partial charge in [0.25, 0.3) is 0 Å². The first-order chi connectivity index (χ1) is 8.51. The molecule has 1 aromatic rings. The van der Waals surface area contributed by atoms with E-state index in [0.29, 0.717) is 12.0 Å². The van der Waals surface area contributed by atoms with Crippen LogP contribution in [0.4, 0.5) is 0 Å². The Morgan fingerprint density at radius 3 is 2.72 bits per heavy atom. The van der Waals surface area contributed by atoms with Gasteiger partial charge in [-0.25, -0.2) is 0 Å². The van der Waals surface area contributed by atoms with E-state index in [2.05, 4.69) is 39.8 Å². The summed E-state index contributed by atoms with van der Waals surface area (Å²) in [6.07, 6.45) is 2.10. The molecule has 102 valence electrons. The summed E-state index contributed by atoms with van der Waals surface area (Å²) < 4.78 is 3.16. The van der Waals surface area contributed by atoms with Gasteiger partial charge in [-0.3, -0.25) is 9.58 Å². The molecule has 0 amide bonds. The summed E-state index contributed by atoms with van der Waals surface area (Å²) in [4.78, 5) is 2.44. The molecule has 1 saturated heterocycles. The van der Waals surface area contributed by atoms with Crippen LogP contribution in [0.15, 0.2) is 4.47 Å². The van der Waals surface area contributed by atoms with E-state index in [1.807, 2.05) is 11.7 Å². The summed E-state index contributed by atoms with van der Waals surface area (Å²) in [5.74, 6) is 0.686. The predicted molar refractivity (Wildman–Crippen MR) is 77.3 cm³/mol. The third-order valence-electron chi connectivity index (χ3n) is 3.64. The number of likely N-dealkylation sites (tertiary alicyclic amines) is 1. The summed E-state index contributed by atoms with van der Waals surface area (Å²) in [5, 5.41) is 4.54. The van der Waals surface area contributed by atoms with Crippen molar-refractivity contribution in [1.82, 2.24) is 14.7 Å². The fourth-order valence-electron chi connectivity index (χ4n) is 2.85. The Hall–Kier alpha value is -0.390. The first kappa shape index (κ1) is 14.0. The molecule has 0 saturated carbocycles. The highest BCUT2D eigenvalue weighted by Crippen LogP contribution is 2.25. The minimum Gasteiger partial charge on any atom is -0.327 e. The maximum atomic E-state index is 6.10. The van der Waals surface area contributed by atoms with Gasteiger partial charge in [0.1, 0.15) is 0 Å². The number of aryl methyl sites for hydroxylation is 2. The quantitative estimate of drug-likeness (QED) is 0.927. The standard InChI is InChI=1S/C13H23BrN4/c1-4-11-13(14)12(17(3)16-11)8-18-6-9(2)5-10(15)7-18/h9-10H,4-8,15H2,1-3H3. The van der Waals surface area contributed by atoms with Gasteiger partial charge >= 0.3 is 0 Å². The van der Waals surface area contributed by atoms with Crippen molar-refractivity contribution in [2.24, 2.45) is 18.7 Å². The van der Waals surface area contributed by atoms with Crippen LogP contribution in [0, 0.1) is 5.92 Å². The third-order valence-corrected chi connectivity index (χ3v) is 4.56. The number of halogens is 1. The molecule has 2 atom stereocenters. The molecule has 2 rings (SSSR count). The van der Waals surface area contributed by atoms with Crippen LogP contribution >= 0.6 is 15.9 Å². The average molecular weight is 315 g/mol. The molecule has 4 nitrogen and oxygen atoms in total. The first-order valence-electron chi connectivity index (χ1n) is 6.69. The second-order valence-electron chi connectivity index (χ2n) is 5.48. The third kappa shape index (κ3) is 2.95. The molecule has 0 aromatic carbocycles. The second-order valence-corrected chi connectivity index (χ2v) is 6.27. The Labute approximate surface area is 118 Å². The molecule has 1 aliphatic heterocycles. The van der Waals surface area contributed by atoms with Crippen LogP contribution in [0.2, 0.25) is 0 Å². The number of nitrogens with zero attached hydrogens (tertiary/aromatic N) is 3. The van der Waals surface area contributed by atoms with Crippen molar-refractivity contribution < 1.29 is 0 Å². The fraction of sp³-hybridized carbons (Fsp3) is 0.769. The highest BCUT2D eigenvalue weighted by molar-refractivity contribution is 9.10. The van der Waals surface area contributed by atoms with Crippen LogP contribution in [-0.2, 0) is 20.0 Å². The van der Waals surface area contributed by atoms with Gasteiger partial charge in [0.2, 0.25) is 0 Å². The molecule has 0 aliphatic carbocycles. The van der Waals surface area contributed by atoms with Crippen LogP contribution < -0.4 is 5.73 Å². The van der Waals surface area contributed by atoms with Crippen molar-refractivity contribution in [2.45, 2.75) is 39.3 Å². The minimum absolute atomic E-state index is 0.311. The summed E-state index contributed by atoms with van der Waals surface area (Å²) >= 11 is 3.68. The van der Waals surface area contributed by atoms with Gasteiger partial charge in [-0.15, -0.1) is 0 Å². The Bertz CT molecular complexity index is 405. The van der Waals surface area contributed by atoms with Gasteiger partial charge in [0.15, 0.2) is 0 Å². The molecule has 0 bridgehead atoms. The van der Waals surface area contributed by atoms with E-state index in [1.54, 1.807) is 0 Å². The predicted octanol–water partition coefficient (Wildman–Crippen LogP) is 1.91. The van der Waals surface area contributed by atoms with Crippen molar-refractivity contribution in [1.29, 1.82) is 0 Å². The molecule has 2 N–H and O–H groups in total. The van der Waals surface area contributed by atoms with Gasteiger partial charge in [-0.1, -0.05) is 13.8 Å². The molecule has 0 spiro atoms. The highest BCUT2D eigenvalue weighted by atomic mass is 79.9. The molecular weight excluding hydrogens is 292 g/mol. The van der Waals surface area contributed by atoms with Crippen LogP contribution in [0.1, 0.15) is 31.7 Å². The number of nitrogens with two attached hydrogens (primary N) is 1. The van der Waals surface area contributed by atoms with Gasteiger partial charge in [0, 0.05) is 32.7 Å². The highest BCUT2D eigenvalue weighted by Gasteiger charge is 2.24. The zero-order chi connectivity index (χ0) is 13.3. The molecule has 0 radical (unpaired) electrons. The largest absolute Gasteiger partial charge is 0.327 e. The average Bonchev–Trinajstić information content (AvgIpc) is 2.55. The molecular formula is C13H23BrN4. The van der Waals surface area contributed by atoms with E-state index in [1.165, 1.54) is 10.2 Å². The van der Waals surface area contributed by atoms with E-state index in [4.69, 9.17) is 5.73 Å². The smallest absolute Gasteiger partial charge is 0.0767 e. The topological polar surface area (TPSA) is 47.1 Å². The summed E-state index contributed by atoms with van der Waals surface area (Å²) in [7, 11) is 2.02. The van der Waals surface area contributed by atoms with Gasteiger partial charge in [-0.2, -0.15) is 5.10 Å². The normalized spacial score (nSPS) is 25.6. The summed E-state index contributed by atoms with van der Waals surface area (Å²) in [6.45, 7) is 7.47. The van der Waals surface area contributed by atoms with Crippen molar-refractivity contribution in [3.05, 3.63) is 15.9 Å². The van der Waals surface area contributed by atoms with Gasteiger partial charge in [0.05, 0.1) is 15.9 Å². The minimum atomic E-state index is 0.311. The SMILES string of the molecule is CCc1nn(C)c(CN2CC(C)CC(N)C2)c1Br. The summed E-state index contributed by atoms with van der Waals surface area (Å²) in [5.41, 5.74) is 8.50. The fourth-order valence-corrected chi connectivity index (χ4v) is 3.59. The molecule has 1 aromatic heterocycles. The molecule has 1 fully saturated rings. The van der Waals surface area contributed by atoms with Crippen LogP contribution in [0.5, 0.6) is 0 Å². The maximum Gasteiger partial charge on any atom is 0.0767 e. The lowest BCUT2D eigenvalue weighted by atomic mass is 9.96. The van der Waals surface area contributed by atoms with Gasteiger partial charge < -0.3 is 5.73 Å². The van der Waals surface area contributed by atoms with E-state index < -0.39 is 0 Å². The van der Waals surface area contributed by atoms with Crippen molar-refractivity contribution in [3.8, 4) is 0 Å². The zero-order valence-electron chi connectivity index (χ0n) is 11.5.